The molecule has 2 heteroatoms. The quantitative estimate of drug-likeness (QED) is 0.680. The van der Waals surface area contributed by atoms with Crippen LogP contribution in [0.25, 0.3) is 0 Å². The summed E-state index contributed by atoms with van der Waals surface area (Å²) in [5.41, 5.74) is 1.35. The summed E-state index contributed by atoms with van der Waals surface area (Å²) in [7, 11) is 1.63. The predicted octanol–water partition coefficient (Wildman–Crippen LogP) is 3.00. The van der Waals surface area contributed by atoms with Crippen molar-refractivity contribution in [3.63, 3.8) is 0 Å². The molecule has 0 atom stereocenters. The molecule has 0 amide bonds. The molecule has 0 radical (unpaired) electrons. The van der Waals surface area contributed by atoms with Crippen LogP contribution >= 0.6 is 0 Å². The number of rotatable bonds is 3. The highest BCUT2D eigenvalue weighted by molar-refractivity contribution is 6.08. The Bertz CT molecular complexity index is 332. The summed E-state index contributed by atoms with van der Waals surface area (Å²) in [4.78, 5) is 0. The number of allylic oxidation sites excluding steroid dienone is 7. The van der Waals surface area contributed by atoms with Crippen LogP contribution in [0.5, 0.6) is 0 Å². The van der Waals surface area contributed by atoms with E-state index in [1.807, 2.05) is 37.3 Å². The molecule has 0 unspecified atom stereocenters. The third kappa shape index (κ3) is 2.46. The van der Waals surface area contributed by atoms with Crippen molar-refractivity contribution in [2.75, 3.05) is 7.11 Å². The van der Waals surface area contributed by atoms with Crippen molar-refractivity contribution in [3.05, 3.63) is 47.8 Å². The third-order valence-corrected chi connectivity index (χ3v) is 1.95. The van der Waals surface area contributed by atoms with Crippen LogP contribution in [0.1, 0.15) is 13.3 Å². The Kier molecular flexibility index (Phi) is 3.92. The highest BCUT2D eigenvalue weighted by atomic mass is 16.5. The monoisotopic (exact) mass is 189 g/mol. The van der Waals surface area contributed by atoms with Gasteiger partial charge < -0.3 is 10.1 Å². The van der Waals surface area contributed by atoms with Crippen LogP contribution in [-0.2, 0) is 4.74 Å². The molecule has 0 bridgehead atoms. The van der Waals surface area contributed by atoms with Gasteiger partial charge in [0.2, 0.25) is 0 Å². The molecule has 0 aliphatic heterocycles. The van der Waals surface area contributed by atoms with Gasteiger partial charge in [-0.05, 0) is 25.5 Å². The Hall–Kier alpha value is -1.57. The van der Waals surface area contributed by atoms with E-state index in [0.717, 1.165) is 17.8 Å². The summed E-state index contributed by atoms with van der Waals surface area (Å²) in [6.45, 7) is 1.90. The van der Waals surface area contributed by atoms with E-state index in [1.165, 1.54) is 0 Å². The van der Waals surface area contributed by atoms with E-state index >= 15 is 0 Å². The summed E-state index contributed by atoms with van der Waals surface area (Å²) in [6.07, 6.45) is 12.3. The van der Waals surface area contributed by atoms with E-state index < -0.39 is 0 Å². The molecule has 74 valence electrons. The van der Waals surface area contributed by atoms with Crippen LogP contribution in [0.4, 0.5) is 0 Å². The van der Waals surface area contributed by atoms with Crippen LogP contribution in [0.2, 0.25) is 0 Å². The first kappa shape index (κ1) is 10.5. The van der Waals surface area contributed by atoms with Crippen LogP contribution in [-0.4, -0.2) is 12.8 Å². The molecule has 1 aliphatic carbocycles. The molecule has 0 aromatic carbocycles. The summed E-state index contributed by atoms with van der Waals surface area (Å²) in [5.74, 6) is 0.752. The van der Waals surface area contributed by atoms with Crippen molar-refractivity contribution in [3.8, 4) is 0 Å². The van der Waals surface area contributed by atoms with Crippen molar-refractivity contribution >= 4 is 5.71 Å². The summed E-state index contributed by atoms with van der Waals surface area (Å²) in [6, 6.07) is 0. The van der Waals surface area contributed by atoms with Gasteiger partial charge >= 0.3 is 0 Å². The Morgan fingerprint density at radius 2 is 2.36 bits per heavy atom. The van der Waals surface area contributed by atoms with Gasteiger partial charge in [0.05, 0.1) is 12.8 Å². The van der Waals surface area contributed by atoms with Gasteiger partial charge in [0.15, 0.2) is 0 Å². The molecule has 1 rings (SSSR count). The normalized spacial score (nSPS) is 16.1. The first-order chi connectivity index (χ1) is 6.79. The molecule has 0 spiro atoms. The Balaban J connectivity index is 2.95. The van der Waals surface area contributed by atoms with Gasteiger partial charge in [-0.15, -0.1) is 0 Å². The van der Waals surface area contributed by atoms with Crippen molar-refractivity contribution in [2.24, 2.45) is 0 Å². The lowest BCUT2D eigenvalue weighted by Crippen LogP contribution is -2.02. The zero-order chi connectivity index (χ0) is 10.4. The van der Waals surface area contributed by atoms with E-state index in [1.54, 1.807) is 13.2 Å². The molecule has 0 saturated heterocycles. The number of hydrogen-bond donors (Lipinski definition) is 1. The van der Waals surface area contributed by atoms with E-state index in [0.29, 0.717) is 5.71 Å². The Labute approximate surface area is 84.8 Å². The lowest BCUT2D eigenvalue weighted by Gasteiger charge is -2.08. The van der Waals surface area contributed by atoms with Crippen molar-refractivity contribution < 1.29 is 4.74 Å². The SMILES string of the molecule is C/C=C\C(=N)C1=CCC=CC=C1OC. The molecular formula is C12H15NO. The minimum atomic E-state index is 0.490. The minimum Gasteiger partial charge on any atom is -0.496 e. The molecule has 0 fully saturated rings. The predicted molar refractivity (Wildman–Crippen MR) is 59.5 cm³/mol. The van der Waals surface area contributed by atoms with E-state index in [4.69, 9.17) is 10.1 Å². The highest BCUT2D eigenvalue weighted by Gasteiger charge is 2.09. The van der Waals surface area contributed by atoms with Gasteiger partial charge in [-0.3, -0.25) is 0 Å². The lowest BCUT2D eigenvalue weighted by atomic mass is 10.1. The molecule has 0 aromatic rings. The zero-order valence-corrected chi connectivity index (χ0v) is 8.58. The topological polar surface area (TPSA) is 33.1 Å². The van der Waals surface area contributed by atoms with E-state index in [9.17, 15) is 0 Å². The largest absolute Gasteiger partial charge is 0.496 e. The third-order valence-electron chi connectivity index (χ3n) is 1.95. The number of ether oxygens (including phenoxy) is 1. The first-order valence-corrected chi connectivity index (χ1v) is 4.62. The van der Waals surface area contributed by atoms with Gasteiger partial charge in [-0.25, -0.2) is 0 Å². The first-order valence-electron chi connectivity index (χ1n) is 4.62. The van der Waals surface area contributed by atoms with Gasteiger partial charge in [0, 0.05) is 5.57 Å². The second kappa shape index (κ2) is 5.22. The molecule has 1 aliphatic rings. The molecule has 2 nitrogen and oxygen atoms in total. The molecule has 0 saturated carbocycles. The Morgan fingerprint density at radius 1 is 1.57 bits per heavy atom. The molecule has 1 N–H and O–H groups in total. The number of methoxy groups -OCH3 is 1. The minimum absolute atomic E-state index is 0.490. The maximum Gasteiger partial charge on any atom is 0.127 e. The van der Waals surface area contributed by atoms with Crippen LogP contribution in [0.15, 0.2) is 47.8 Å². The summed E-state index contributed by atoms with van der Waals surface area (Å²) in [5, 5.41) is 7.81. The number of hydrogen-bond acceptors (Lipinski definition) is 2. The number of nitrogens with one attached hydrogen (secondary N) is 1. The van der Waals surface area contributed by atoms with Crippen molar-refractivity contribution in [2.45, 2.75) is 13.3 Å². The van der Waals surface area contributed by atoms with Gasteiger partial charge in [0.25, 0.3) is 0 Å². The highest BCUT2D eigenvalue weighted by Crippen LogP contribution is 2.17. The fraction of sp³-hybridized carbons (Fsp3) is 0.250. The fourth-order valence-electron chi connectivity index (χ4n) is 1.29. The molecule has 0 aromatic heterocycles. The van der Waals surface area contributed by atoms with Gasteiger partial charge in [0.1, 0.15) is 5.76 Å². The summed E-state index contributed by atoms with van der Waals surface area (Å²) >= 11 is 0. The smallest absolute Gasteiger partial charge is 0.127 e. The second-order valence-electron chi connectivity index (χ2n) is 2.93. The fourth-order valence-corrected chi connectivity index (χ4v) is 1.29. The molecule has 14 heavy (non-hydrogen) atoms. The second-order valence-corrected chi connectivity index (χ2v) is 2.93. The van der Waals surface area contributed by atoms with Crippen LogP contribution in [0.3, 0.4) is 0 Å². The average molecular weight is 189 g/mol. The van der Waals surface area contributed by atoms with Crippen molar-refractivity contribution in [1.82, 2.24) is 0 Å². The van der Waals surface area contributed by atoms with E-state index in [2.05, 4.69) is 0 Å². The maximum atomic E-state index is 7.81. The van der Waals surface area contributed by atoms with Crippen LogP contribution in [0, 0.1) is 5.41 Å². The van der Waals surface area contributed by atoms with Crippen molar-refractivity contribution in [1.29, 1.82) is 5.41 Å². The van der Waals surface area contributed by atoms with Gasteiger partial charge in [-0.2, -0.15) is 0 Å². The molecular weight excluding hydrogens is 174 g/mol. The average Bonchev–Trinajstić information content (AvgIpc) is 2.42. The van der Waals surface area contributed by atoms with Gasteiger partial charge in [-0.1, -0.05) is 24.3 Å². The Morgan fingerprint density at radius 3 is 3.00 bits per heavy atom. The lowest BCUT2D eigenvalue weighted by molar-refractivity contribution is 0.304. The van der Waals surface area contributed by atoms with Crippen LogP contribution < -0.4 is 0 Å². The maximum absolute atomic E-state index is 7.81. The zero-order valence-electron chi connectivity index (χ0n) is 8.58. The van der Waals surface area contributed by atoms with E-state index in [-0.39, 0.29) is 0 Å². The molecule has 0 heterocycles. The standard InChI is InChI=1S/C12H15NO/c1-3-7-11(13)10-8-5-4-6-9-12(10)14-2/h3-4,6-9,13H,5H2,1-2H3/b7-3-,13-11?. The summed E-state index contributed by atoms with van der Waals surface area (Å²) < 4.78 is 5.22.